The molecule has 1 rings (SSSR count). The predicted octanol–water partition coefficient (Wildman–Crippen LogP) is 0.681. The maximum atomic E-state index is 11.7. The molecule has 0 spiro atoms. The molecule has 6 heteroatoms. The van der Waals surface area contributed by atoms with Crippen molar-refractivity contribution >= 4 is 15.9 Å². The summed E-state index contributed by atoms with van der Waals surface area (Å²) < 4.78 is 25.8. The quantitative estimate of drug-likeness (QED) is 0.388. The van der Waals surface area contributed by atoms with E-state index < -0.39 is 10.0 Å². The van der Waals surface area contributed by atoms with E-state index in [-0.39, 0.29) is 17.3 Å². The van der Waals surface area contributed by atoms with Crippen LogP contribution >= 0.6 is 0 Å². The Bertz CT molecular complexity index is 442. The summed E-state index contributed by atoms with van der Waals surface area (Å²) in [6.07, 6.45) is 0.929. The van der Waals surface area contributed by atoms with Crippen LogP contribution in [0.1, 0.15) is 12.8 Å². The van der Waals surface area contributed by atoms with Crippen molar-refractivity contribution in [3.8, 4) is 0 Å². The third kappa shape index (κ3) is 4.00. The van der Waals surface area contributed by atoms with Gasteiger partial charge in [-0.1, -0.05) is 18.2 Å². The molecule has 0 aromatic heterocycles. The van der Waals surface area contributed by atoms with Crippen molar-refractivity contribution in [3.63, 3.8) is 0 Å². The van der Waals surface area contributed by atoms with Crippen LogP contribution in [0, 0.1) is 5.41 Å². The molecule has 16 heavy (non-hydrogen) atoms. The monoisotopic (exact) mass is 241 g/mol. The van der Waals surface area contributed by atoms with E-state index in [2.05, 4.69) is 4.72 Å². The van der Waals surface area contributed by atoms with Gasteiger partial charge in [-0.25, -0.2) is 13.1 Å². The minimum absolute atomic E-state index is 0.0684. The highest BCUT2D eigenvalue weighted by Crippen LogP contribution is 2.06. The normalized spacial score (nSPS) is 11.2. The Balaban J connectivity index is 2.51. The Morgan fingerprint density at radius 3 is 2.50 bits per heavy atom. The summed E-state index contributed by atoms with van der Waals surface area (Å²) in [5.41, 5.74) is 5.16. The third-order valence-electron chi connectivity index (χ3n) is 1.97. The molecule has 0 saturated carbocycles. The van der Waals surface area contributed by atoms with Crippen molar-refractivity contribution in [1.82, 2.24) is 4.72 Å². The lowest BCUT2D eigenvalue weighted by Gasteiger charge is -2.05. The van der Waals surface area contributed by atoms with E-state index in [1.165, 1.54) is 12.1 Å². The van der Waals surface area contributed by atoms with E-state index in [1.807, 2.05) is 0 Å². The zero-order valence-corrected chi connectivity index (χ0v) is 9.63. The number of nitrogens with one attached hydrogen (secondary N) is 2. The highest BCUT2D eigenvalue weighted by molar-refractivity contribution is 7.89. The maximum absolute atomic E-state index is 11.7. The van der Waals surface area contributed by atoms with Crippen molar-refractivity contribution in [2.45, 2.75) is 17.7 Å². The Labute approximate surface area is 95.2 Å². The molecule has 0 radical (unpaired) electrons. The molecule has 0 aliphatic carbocycles. The van der Waals surface area contributed by atoms with Crippen molar-refractivity contribution in [2.24, 2.45) is 5.73 Å². The zero-order chi connectivity index (χ0) is 12.0. The van der Waals surface area contributed by atoms with Gasteiger partial charge in [0.2, 0.25) is 10.0 Å². The van der Waals surface area contributed by atoms with E-state index >= 15 is 0 Å². The fourth-order valence-corrected chi connectivity index (χ4v) is 2.26. The molecule has 0 amide bonds. The minimum atomic E-state index is -3.42. The first kappa shape index (κ1) is 12.7. The first-order valence-corrected chi connectivity index (χ1v) is 6.38. The van der Waals surface area contributed by atoms with E-state index in [0.29, 0.717) is 12.8 Å². The molecule has 0 saturated heterocycles. The molecule has 1 aromatic carbocycles. The van der Waals surface area contributed by atoms with E-state index in [9.17, 15) is 8.42 Å². The highest BCUT2D eigenvalue weighted by Gasteiger charge is 2.11. The van der Waals surface area contributed by atoms with Gasteiger partial charge in [0.15, 0.2) is 0 Å². The minimum Gasteiger partial charge on any atom is -0.388 e. The molecular weight excluding hydrogens is 226 g/mol. The number of amidine groups is 1. The second-order valence-corrected chi connectivity index (χ2v) is 5.11. The van der Waals surface area contributed by atoms with Crippen LogP contribution in [0.4, 0.5) is 0 Å². The van der Waals surface area contributed by atoms with Gasteiger partial charge in [-0.15, -0.1) is 0 Å². The number of nitrogens with two attached hydrogens (primary N) is 1. The number of rotatable bonds is 6. The van der Waals surface area contributed by atoms with Gasteiger partial charge in [-0.3, -0.25) is 5.41 Å². The molecule has 0 heterocycles. The number of sulfonamides is 1. The van der Waals surface area contributed by atoms with Crippen LogP contribution in [0.2, 0.25) is 0 Å². The number of hydrogen-bond acceptors (Lipinski definition) is 3. The molecule has 4 N–H and O–H groups in total. The van der Waals surface area contributed by atoms with Gasteiger partial charge >= 0.3 is 0 Å². The number of benzene rings is 1. The van der Waals surface area contributed by atoms with E-state index in [1.54, 1.807) is 18.2 Å². The Morgan fingerprint density at radius 2 is 1.94 bits per heavy atom. The van der Waals surface area contributed by atoms with Crippen LogP contribution in [-0.4, -0.2) is 20.8 Å². The Morgan fingerprint density at radius 1 is 1.31 bits per heavy atom. The second-order valence-electron chi connectivity index (χ2n) is 3.34. The van der Waals surface area contributed by atoms with Gasteiger partial charge in [0, 0.05) is 13.0 Å². The molecule has 0 aliphatic rings. The predicted molar refractivity (Wildman–Crippen MR) is 62.8 cm³/mol. The summed E-state index contributed by atoms with van der Waals surface area (Å²) in [5, 5.41) is 6.99. The summed E-state index contributed by atoms with van der Waals surface area (Å²) in [6.45, 7) is 0.288. The lowest BCUT2D eigenvalue weighted by atomic mass is 10.3. The summed E-state index contributed by atoms with van der Waals surface area (Å²) >= 11 is 0. The number of hydrogen-bond donors (Lipinski definition) is 3. The molecular formula is C10H15N3O2S. The van der Waals surface area contributed by atoms with Crippen LogP contribution in [0.15, 0.2) is 35.2 Å². The van der Waals surface area contributed by atoms with Gasteiger partial charge in [0.1, 0.15) is 0 Å². The molecule has 1 aromatic rings. The zero-order valence-electron chi connectivity index (χ0n) is 8.81. The van der Waals surface area contributed by atoms with Gasteiger partial charge in [-0.2, -0.15) is 0 Å². The second kappa shape index (κ2) is 5.62. The lowest BCUT2D eigenvalue weighted by molar-refractivity contribution is 0.580. The SMILES string of the molecule is N=C(N)CCCNS(=O)(=O)c1ccccc1. The third-order valence-corrected chi connectivity index (χ3v) is 3.45. The van der Waals surface area contributed by atoms with Crippen LogP contribution in [0.3, 0.4) is 0 Å². The van der Waals surface area contributed by atoms with Gasteiger partial charge in [-0.05, 0) is 18.6 Å². The standard InChI is InChI=1S/C10H15N3O2S/c11-10(12)7-4-8-13-16(14,15)9-5-2-1-3-6-9/h1-3,5-6,13H,4,7-8H2,(H3,11,12). The van der Waals surface area contributed by atoms with Gasteiger partial charge < -0.3 is 5.73 Å². The summed E-state index contributed by atoms with van der Waals surface area (Å²) in [7, 11) is -3.42. The van der Waals surface area contributed by atoms with Crippen LogP contribution < -0.4 is 10.5 Å². The lowest BCUT2D eigenvalue weighted by Crippen LogP contribution is -2.25. The average Bonchev–Trinajstić information content (AvgIpc) is 2.26. The molecule has 88 valence electrons. The summed E-state index contributed by atoms with van der Waals surface area (Å²) in [5.74, 6) is 0.0684. The van der Waals surface area contributed by atoms with Crippen LogP contribution in [-0.2, 0) is 10.0 Å². The molecule has 0 fully saturated rings. The van der Waals surface area contributed by atoms with Gasteiger partial charge in [0.05, 0.1) is 10.7 Å². The van der Waals surface area contributed by atoms with Crippen LogP contribution in [0.25, 0.3) is 0 Å². The average molecular weight is 241 g/mol. The highest BCUT2D eigenvalue weighted by atomic mass is 32.2. The first-order chi connectivity index (χ1) is 7.52. The fraction of sp³-hybridized carbons (Fsp3) is 0.300. The Kier molecular flexibility index (Phi) is 4.45. The Hall–Kier alpha value is -1.40. The molecule has 5 nitrogen and oxygen atoms in total. The smallest absolute Gasteiger partial charge is 0.240 e. The molecule has 0 aliphatic heterocycles. The fourth-order valence-electron chi connectivity index (χ4n) is 1.17. The summed E-state index contributed by atoms with van der Waals surface area (Å²) in [4.78, 5) is 0.248. The van der Waals surface area contributed by atoms with Crippen LogP contribution in [0.5, 0.6) is 0 Å². The van der Waals surface area contributed by atoms with E-state index in [0.717, 1.165) is 0 Å². The van der Waals surface area contributed by atoms with E-state index in [4.69, 9.17) is 11.1 Å². The largest absolute Gasteiger partial charge is 0.388 e. The topological polar surface area (TPSA) is 96.0 Å². The van der Waals surface area contributed by atoms with Crippen molar-refractivity contribution in [1.29, 1.82) is 5.41 Å². The van der Waals surface area contributed by atoms with Crippen molar-refractivity contribution < 1.29 is 8.42 Å². The first-order valence-electron chi connectivity index (χ1n) is 4.90. The van der Waals surface area contributed by atoms with Gasteiger partial charge in [0.25, 0.3) is 0 Å². The maximum Gasteiger partial charge on any atom is 0.240 e. The molecule has 0 atom stereocenters. The molecule has 0 unspecified atom stereocenters. The van der Waals surface area contributed by atoms with Crippen molar-refractivity contribution in [3.05, 3.63) is 30.3 Å². The summed E-state index contributed by atoms with van der Waals surface area (Å²) in [6, 6.07) is 8.17. The molecule has 0 bridgehead atoms. The van der Waals surface area contributed by atoms with Crippen molar-refractivity contribution in [2.75, 3.05) is 6.54 Å².